The van der Waals surface area contributed by atoms with E-state index in [4.69, 9.17) is 9.47 Å². The van der Waals surface area contributed by atoms with Gasteiger partial charge >= 0.3 is 0 Å². The third-order valence-electron chi connectivity index (χ3n) is 10.6. The first-order valence-electron chi connectivity index (χ1n) is 18.1. The Labute approximate surface area is 317 Å². The van der Waals surface area contributed by atoms with Gasteiger partial charge in [-0.15, -0.1) is 0 Å². The fourth-order valence-electron chi connectivity index (χ4n) is 7.55. The highest BCUT2D eigenvalue weighted by Gasteiger charge is 2.44. The summed E-state index contributed by atoms with van der Waals surface area (Å²) in [6.45, 7) is 1.43. The van der Waals surface area contributed by atoms with Gasteiger partial charge in [0.25, 0.3) is 17.4 Å². The highest BCUT2D eigenvalue weighted by atomic mass is 32.2. The van der Waals surface area contributed by atoms with Crippen LogP contribution in [0.25, 0.3) is 21.9 Å². The third kappa shape index (κ3) is 7.36. The molecule has 2 N–H and O–H groups in total. The van der Waals surface area contributed by atoms with Gasteiger partial charge < -0.3 is 14.0 Å². The van der Waals surface area contributed by atoms with Crippen molar-refractivity contribution in [2.75, 3.05) is 33.9 Å². The summed E-state index contributed by atoms with van der Waals surface area (Å²) < 4.78 is 42.0. The minimum Gasteiger partial charge on any atom is -0.496 e. The molecule has 16 heteroatoms. The number of fused-ring (bicyclic) bond motifs is 2. The molecule has 2 saturated heterocycles. The number of carbonyl (C=O) groups excluding carboxylic acids is 4. The lowest BCUT2D eigenvalue weighted by Crippen LogP contribution is -2.57. The lowest BCUT2D eigenvalue weighted by atomic mass is 9.98. The van der Waals surface area contributed by atoms with E-state index < -0.39 is 44.9 Å². The first-order chi connectivity index (χ1) is 26.4. The van der Waals surface area contributed by atoms with Crippen LogP contribution < -0.4 is 25.1 Å². The van der Waals surface area contributed by atoms with E-state index in [2.05, 4.69) is 15.0 Å². The van der Waals surface area contributed by atoms with E-state index in [9.17, 15) is 32.4 Å². The first-order valence-corrected chi connectivity index (χ1v) is 19.7. The Morgan fingerprint density at radius 2 is 1.62 bits per heavy atom. The van der Waals surface area contributed by atoms with Crippen LogP contribution in [0.4, 0.5) is 0 Å². The fraction of sp³-hybridized carbons (Fsp3) is 0.385. The average Bonchev–Trinajstić information content (AvgIpc) is 3.40. The van der Waals surface area contributed by atoms with Crippen LogP contribution in [-0.2, 0) is 39.6 Å². The van der Waals surface area contributed by atoms with Crippen LogP contribution in [0.3, 0.4) is 0 Å². The zero-order chi connectivity index (χ0) is 39.0. The first kappa shape index (κ1) is 37.8. The molecule has 1 unspecified atom stereocenters. The molecule has 0 radical (unpaired) electrons. The fourth-order valence-corrected chi connectivity index (χ4v) is 9.02. The zero-order valence-electron chi connectivity index (χ0n) is 30.8. The van der Waals surface area contributed by atoms with Gasteiger partial charge in [0.05, 0.1) is 36.3 Å². The van der Waals surface area contributed by atoms with E-state index in [1.54, 1.807) is 64.1 Å². The van der Waals surface area contributed by atoms with Crippen molar-refractivity contribution in [3.05, 3.63) is 87.6 Å². The van der Waals surface area contributed by atoms with E-state index in [1.807, 2.05) is 17.0 Å². The smallest absolute Gasteiger partial charge is 0.262 e. The lowest BCUT2D eigenvalue weighted by molar-refractivity contribution is -0.136. The van der Waals surface area contributed by atoms with Gasteiger partial charge in [0.2, 0.25) is 21.8 Å². The number of likely N-dealkylation sites (tertiary alicyclic amines) is 1. The predicted molar refractivity (Wildman–Crippen MR) is 202 cm³/mol. The molecule has 15 nitrogen and oxygen atoms in total. The summed E-state index contributed by atoms with van der Waals surface area (Å²) in [6, 6.07) is 9.66. The summed E-state index contributed by atoms with van der Waals surface area (Å²) in [5.74, 6) is -0.974. The van der Waals surface area contributed by atoms with Crippen LogP contribution in [0, 0.1) is 0 Å². The lowest BCUT2D eigenvalue weighted by Gasteiger charge is -2.39. The molecule has 0 saturated carbocycles. The monoisotopic (exact) mass is 770 g/mol. The summed E-state index contributed by atoms with van der Waals surface area (Å²) in [5.41, 5.74) is 3.62. The molecule has 4 aromatic rings. The molecule has 3 aliphatic rings. The molecule has 55 heavy (non-hydrogen) atoms. The number of aromatic nitrogens is 2. The Bertz CT molecular complexity index is 2360. The highest BCUT2D eigenvalue weighted by molar-refractivity contribution is 7.90. The average molecular weight is 771 g/mol. The molecule has 7 rings (SSSR count). The van der Waals surface area contributed by atoms with E-state index >= 15 is 0 Å². The number of ether oxygens (including phenoxy) is 2. The number of unbranched alkanes of at least 4 members (excludes halogenated alkanes) is 2. The van der Waals surface area contributed by atoms with Crippen molar-refractivity contribution in [2.45, 2.75) is 56.4 Å². The quantitative estimate of drug-likeness (QED) is 0.142. The molecule has 0 spiro atoms. The number of nitrogens with zero attached hydrogens (tertiary/aromatic N) is 4. The van der Waals surface area contributed by atoms with Crippen LogP contribution in [-0.4, -0.2) is 96.5 Å². The van der Waals surface area contributed by atoms with Gasteiger partial charge in [-0.05, 0) is 72.5 Å². The number of pyridine rings is 2. The molecule has 0 aliphatic carbocycles. The van der Waals surface area contributed by atoms with Gasteiger partial charge in [0.1, 0.15) is 22.8 Å². The number of amides is 4. The van der Waals surface area contributed by atoms with Gasteiger partial charge in [0, 0.05) is 63.8 Å². The van der Waals surface area contributed by atoms with Crippen molar-refractivity contribution in [1.82, 2.24) is 29.4 Å². The van der Waals surface area contributed by atoms with Crippen molar-refractivity contribution < 1.29 is 37.1 Å². The molecular weight excluding hydrogens is 729 g/mol. The Morgan fingerprint density at radius 3 is 2.33 bits per heavy atom. The number of rotatable bonds is 14. The Hall–Kier alpha value is -5.45. The number of nitrogens with one attached hydrogen (secondary N) is 2. The van der Waals surface area contributed by atoms with Gasteiger partial charge in [-0.3, -0.25) is 44.1 Å². The largest absolute Gasteiger partial charge is 0.496 e. The molecule has 288 valence electrons. The van der Waals surface area contributed by atoms with Gasteiger partial charge in [-0.25, -0.2) is 13.1 Å². The Morgan fingerprint density at radius 1 is 0.891 bits per heavy atom. The number of aryl methyl sites for hydroxylation is 2. The summed E-state index contributed by atoms with van der Waals surface area (Å²) in [7, 11) is 1.31. The second-order valence-corrected chi connectivity index (χ2v) is 16.2. The maximum atomic E-state index is 13.1. The normalized spacial score (nSPS) is 17.7. The number of piperidine rings is 1. The highest BCUT2D eigenvalue weighted by Crippen LogP contribution is 2.38. The number of sulfonamides is 1. The number of benzene rings is 2. The second-order valence-electron chi connectivity index (χ2n) is 14.1. The van der Waals surface area contributed by atoms with E-state index in [-0.39, 0.29) is 29.5 Å². The van der Waals surface area contributed by atoms with Gasteiger partial charge in [-0.2, -0.15) is 0 Å². The van der Waals surface area contributed by atoms with Crippen molar-refractivity contribution in [2.24, 2.45) is 7.05 Å². The molecule has 0 bridgehead atoms. The number of imide groups is 2. The molecule has 2 aromatic carbocycles. The van der Waals surface area contributed by atoms with Crippen molar-refractivity contribution in [1.29, 1.82) is 0 Å². The van der Waals surface area contributed by atoms with Crippen molar-refractivity contribution in [3.8, 4) is 22.6 Å². The Kier molecular flexibility index (Phi) is 10.6. The molecule has 3 aliphatic heterocycles. The van der Waals surface area contributed by atoms with Crippen molar-refractivity contribution in [3.63, 3.8) is 0 Å². The van der Waals surface area contributed by atoms with Crippen LogP contribution in [0.2, 0.25) is 0 Å². The molecule has 1 atom stereocenters. The zero-order valence-corrected chi connectivity index (χ0v) is 31.6. The number of methoxy groups -OCH3 is 2. The second kappa shape index (κ2) is 15.4. The van der Waals surface area contributed by atoms with Gasteiger partial charge in [0.15, 0.2) is 0 Å². The standard InChI is InChI=1S/C39H42N6O9S/c1-43-21-30(26-12-14-40-18-29(26)37(43)48)24-16-33(53-2)31(34(17-24)54-3)22-44-19-25(20-44)55(51,52)41-13-6-4-5-7-23-8-9-27-28(15-23)39(50)45(38(27)49)32-10-11-35(46)42-36(32)47/h8-9,12,14-18,21,25,32,41H,4-7,10-11,13,19-20,22H2,1-3H3,(H,42,46,47). The summed E-state index contributed by atoms with van der Waals surface area (Å²) in [5, 5.41) is 2.90. The van der Waals surface area contributed by atoms with Crippen LogP contribution in [0.5, 0.6) is 11.5 Å². The van der Waals surface area contributed by atoms with Crippen LogP contribution in [0.1, 0.15) is 63.9 Å². The summed E-state index contributed by atoms with van der Waals surface area (Å²) >= 11 is 0. The maximum Gasteiger partial charge on any atom is 0.262 e. The van der Waals surface area contributed by atoms with E-state index in [0.717, 1.165) is 45.4 Å². The Balaban J connectivity index is 0.891. The third-order valence-corrected chi connectivity index (χ3v) is 12.4. The number of carbonyl (C=O) groups is 4. The van der Waals surface area contributed by atoms with Crippen LogP contribution in [0.15, 0.2) is 59.8 Å². The molecular formula is C39H42N6O9S. The van der Waals surface area contributed by atoms with E-state index in [0.29, 0.717) is 55.9 Å². The molecule has 5 heterocycles. The minimum absolute atomic E-state index is 0.0596. The summed E-state index contributed by atoms with van der Waals surface area (Å²) in [4.78, 5) is 69.7. The van der Waals surface area contributed by atoms with Gasteiger partial charge in [-0.1, -0.05) is 12.5 Å². The summed E-state index contributed by atoms with van der Waals surface area (Å²) in [6.07, 6.45) is 7.89. The van der Waals surface area contributed by atoms with Crippen molar-refractivity contribution >= 4 is 44.4 Å². The minimum atomic E-state index is -3.54. The number of hydrogen-bond donors (Lipinski definition) is 2. The van der Waals surface area contributed by atoms with Crippen LogP contribution >= 0.6 is 0 Å². The number of hydrogen-bond acceptors (Lipinski definition) is 11. The molecule has 2 fully saturated rings. The maximum absolute atomic E-state index is 13.1. The predicted octanol–water partition coefficient (Wildman–Crippen LogP) is 2.54. The molecule has 4 amide bonds. The topological polar surface area (TPSA) is 186 Å². The van der Waals surface area contributed by atoms with E-state index in [1.165, 1.54) is 4.57 Å². The molecule has 2 aromatic heterocycles. The SMILES string of the molecule is COc1cc(-c2cn(C)c(=O)c3cnccc23)cc(OC)c1CN1CC(S(=O)(=O)NCCCCCc2ccc3c(c2)C(=O)N(C2CCC(=O)NC2=O)C3=O)C1.